The standard InChI is InChI=1S/C14H10N2O4S/c1-10-2-5-13(6-3-10)21(19,20)14-7-4-12(16(17)18)8-11(14)9-15/h2-8H,1H3. The summed E-state index contributed by atoms with van der Waals surface area (Å²) in [7, 11) is -3.89. The summed E-state index contributed by atoms with van der Waals surface area (Å²) in [5.74, 6) is 0. The summed E-state index contributed by atoms with van der Waals surface area (Å²) in [4.78, 5) is 9.81. The minimum atomic E-state index is -3.89. The molecule has 0 amide bonds. The summed E-state index contributed by atoms with van der Waals surface area (Å²) >= 11 is 0. The van der Waals surface area contributed by atoms with Crippen molar-refractivity contribution < 1.29 is 13.3 Å². The van der Waals surface area contributed by atoms with Crippen LogP contribution in [0, 0.1) is 28.4 Å². The quantitative estimate of drug-likeness (QED) is 0.640. The Morgan fingerprint density at radius 1 is 1.14 bits per heavy atom. The van der Waals surface area contributed by atoms with Gasteiger partial charge >= 0.3 is 0 Å². The SMILES string of the molecule is Cc1ccc(S(=O)(=O)c2ccc([N+](=O)[O-])cc2C#N)cc1. The lowest BCUT2D eigenvalue weighted by molar-refractivity contribution is -0.384. The van der Waals surface area contributed by atoms with E-state index in [9.17, 15) is 18.5 Å². The van der Waals surface area contributed by atoms with Crippen molar-refractivity contribution in [3.8, 4) is 6.07 Å². The lowest BCUT2D eigenvalue weighted by Gasteiger charge is -2.06. The van der Waals surface area contributed by atoms with E-state index in [0.29, 0.717) is 0 Å². The topological polar surface area (TPSA) is 101 Å². The first-order valence-corrected chi connectivity index (χ1v) is 7.35. The number of hydrogen-bond donors (Lipinski definition) is 0. The molecule has 0 unspecified atom stereocenters. The van der Waals surface area contributed by atoms with Crippen LogP contribution in [0.15, 0.2) is 52.3 Å². The molecule has 0 aromatic heterocycles. The number of non-ortho nitro benzene ring substituents is 1. The van der Waals surface area contributed by atoms with Crippen LogP contribution in [-0.4, -0.2) is 13.3 Å². The third kappa shape index (κ3) is 2.75. The summed E-state index contributed by atoms with van der Waals surface area (Å²) in [6.07, 6.45) is 0. The van der Waals surface area contributed by atoms with E-state index in [0.717, 1.165) is 23.8 Å². The number of nitrogens with zero attached hydrogens (tertiary/aromatic N) is 2. The summed E-state index contributed by atoms with van der Waals surface area (Å²) < 4.78 is 25.0. The van der Waals surface area contributed by atoms with Crippen LogP contribution in [0.4, 0.5) is 5.69 Å². The highest BCUT2D eigenvalue weighted by Crippen LogP contribution is 2.27. The number of sulfone groups is 1. The van der Waals surface area contributed by atoms with Gasteiger partial charge in [0.1, 0.15) is 6.07 Å². The van der Waals surface area contributed by atoms with Gasteiger partial charge in [0.05, 0.1) is 20.3 Å². The van der Waals surface area contributed by atoms with E-state index < -0.39 is 14.8 Å². The fraction of sp³-hybridized carbons (Fsp3) is 0.0714. The van der Waals surface area contributed by atoms with Crippen molar-refractivity contribution in [1.82, 2.24) is 0 Å². The fourth-order valence-corrected chi connectivity index (χ4v) is 3.19. The second-order valence-electron chi connectivity index (χ2n) is 4.37. The summed E-state index contributed by atoms with van der Waals surface area (Å²) in [6, 6.07) is 11.0. The Hall–Kier alpha value is -2.72. The molecule has 7 heteroatoms. The van der Waals surface area contributed by atoms with Gasteiger partial charge in [0.2, 0.25) is 9.84 Å². The highest BCUT2D eigenvalue weighted by molar-refractivity contribution is 7.91. The van der Waals surface area contributed by atoms with Gasteiger partial charge in [-0.05, 0) is 25.1 Å². The van der Waals surface area contributed by atoms with Crippen molar-refractivity contribution in [1.29, 1.82) is 5.26 Å². The van der Waals surface area contributed by atoms with Gasteiger partial charge in [-0.1, -0.05) is 17.7 Å². The molecule has 0 heterocycles. The van der Waals surface area contributed by atoms with Crippen LogP contribution in [0.25, 0.3) is 0 Å². The number of nitro benzene ring substituents is 1. The Kier molecular flexibility index (Phi) is 3.74. The highest BCUT2D eigenvalue weighted by atomic mass is 32.2. The zero-order chi connectivity index (χ0) is 15.6. The van der Waals surface area contributed by atoms with Crippen LogP contribution >= 0.6 is 0 Å². The van der Waals surface area contributed by atoms with Crippen LogP contribution in [0.5, 0.6) is 0 Å². The van der Waals surface area contributed by atoms with E-state index in [1.54, 1.807) is 18.2 Å². The van der Waals surface area contributed by atoms with Gasteiger partial charge in [0, 0.05) is 12.1 Å². The number of rotatable bonds is 3. The number of benzene rings is 2. The Morgan fingerprint density at radius 3 is 2.29 bits per heavy atom. The van der Waals surface area contributed by atoms with Crippen molar-refractivity contribution in [3.05, 3.63) is 63.7 Å². The van der Waals surface area contributed by atoms with E-state index >= 15 is 0 Å². The highest BCUT2D eigenvalue weighted by Gasteiger charge is 2.23. The largest absolute Gasteiger partial charge is 0.270 e. The molecule has 106 valence electrons. The van der Waals surface area contributed by atoms with Gasteiger partial charge in [-0.3, -0.25) is 10.1 Å². The summed E-state index contributed by atoms with van der Waals surface area (Å²) in [6.45, 7) is 1.82. The molecule has 0 fully saturated rings. The Bertz CT molecular complexity index is 850. The molecule has 0 aliphatic heterocycles. The van der Waals surface area contributed by atoms with Crippen LogP contribution in [0.1, 0.15) is 11.1 Å². The second kappa shape index (κ2) is 5.34. The molecule has 0 N–H and O–H groups in total. The zero-order valence-corrected chi connectivity index (χ0v) is 11.8. The molecule has 0 bridgehead atoms. The Balaban J connectivity index is 2.63. The molecule has 0 aliphatic carbocycles. The summed E-state index contributed by atoms with van der Waals surface area (Å²) in [5, 5.41) is 19.7. The van der Waals surface area contributed by atoms with E-state index in [1.165, 1.54) is 12.1 Å². The van der Waals surface area contributed by atoms with Gasteiger partial charge in [-0.25, -0.2) is 8.42 Å². The zero-order valence-electron chi connectivity index (χ0n) is 11.0. The van der Waals surface area contributed by atoms with Crippen molar-refractivity contribution in [2.24, 2.45) is 0 Å². The Morgan fingerprint density at radius 2 is 1.76 bits per heavy atom. The van der Waals surface area contributed by atoms with E-state index in [2.05, 4.69) is 0 Å². The van der Waals surface area contributed by atoms with Gasteiger partial charge in [0.25, 0.3) is 5.69 Å². The van der Waals surface area contributed by atoms with Gasteiger partial charge < -0.3 is 0 Å². The molecule has 0 radical (unpaired) electrons. The number of hydrogen-bond acceptors (Lipinski definition) is 5. The van der Waals surface area contributed by atoms with Crippen LogP contribution in [0.3, 0.4) is 0 Å². The maximum absolute atomic E-state index is 12.5. The van der Waals surface area contributed by atoms with Crippen molar-refractivity contribution in [3.63, 3.8) is 0 Å². The molecule has 0 aliphatic rings. The molecular weight excluding hydrogens is 292 g/mol. The normalized spacial score (nSPS) is 10.9. The van der Waals surface area contributed by atoms with E-state index in [1.807, 2.05) is 6.92 Å². The molecule has 0 saturated carbocycles. The first-order chi connectivity index (χ1) is 9.86. The number of aryl methyl sites for hydroxylation is 1. The van der Waals surface area contributed by atoms with Crippen molar-refractivity contribution in [2.75, 3.05) is 0 Å². The second-order valence-corrected chi connectivity index (χ2v) is 6.28. The maximum atomic E-state index is 12.5. The molecule has 6 nitrogen and oxygen atoms in total. The van der Waals surface area contributed by atoms with Crippen LogP contribution in [-0.2, 0) is 9.84 Å². The molecule has 21 heavy (non-hydrogen) atoms. The lowest BCUT2D eigenvalue weighted by Crippen LogP contribution is -2.05. The fourth-order valence-electron chi connectivity index (χ4n) is 1.80. The molecule has 2 aromatic rings. The predicted molar refractivity (Wildman–Crippen MR) is 74.4 cm³/mol. The molecule has 0 spiro atoms. The average molecular weight is 302 g/mol. The molecule has 2 rings (SSSR count). The molecule has 0 atom stereocenters. The van der Waals surface area contributed by atoms with E-state index in [-0.39, 0.29) is 21.0 Å². The number of nitriles is 1. The predicted octanol–water partition coefficient (Wildman–Crippen LogP) is 2.61. The first-order valence-electron chi connectivity index (χ1n) is 5.86. The lowest BCUT2D eigenvalue weighted by atomic mass is 10.2. The van der Waals surface area contributed by atoms with Gasteiger partial charge in [-0.15, -0.1) is 0 Å². The van der Waals surface area contributed by atoms with Crippen molar-refractivity contribution in [2.45, 2.75) is 16.7 Å². The van der Waals surface area contributed by atoms with Crippen LogP contribution < -0.4 is 0 Å². The van der Waals surface area contributed by atoms with Crippen LogP contribution in [0.2, 0.25) is 0 Å². The Labute approximate surface area is 121 Å². The molecular formula is C14H10N2O4S. The average Bonchev–Trinajstić information content (AvgIpc) is 2.46. The van der Waals surface area contributed by atoms with Gasteiger partial charge in [-0.2, -0.15) is 5.26 Å². The maximum Gasteiger partial charge on any atom is 0.270 e. The smallest absolute Gasteiger partial charge is 0.258 e. The first kappa shape index (κ1) is 14.7. The number of nitro groups is 1. The summed E-state index contributed by atoms with van der Waals surface area (Å²) in [5.41, 5.74) is 0.331. The third-order valence-electron chi connectivity index (χ3n) is 2.92. The van der Waals surface area contributed by atoms with E-state index in [4.69, 9.17) is 5.26 Å². The monoisotopic (exact) mass is 302 g/mol. The molecule has 2 aromatic carbocycles. The third-order valence-corrected chi connectivity index (χ3v) is 4.74. The molecule has 0 saturated heterocycles. The van der Waals surface area contributed by atoms with Crippen molar-refractivity contribution >= 4 is 15.5 Å². The minimum Gasteiger partial charge on any atom is -0.258 e. The minimum absolute atomic E-state index is 0.0402. The van der Waals surface area contributed by atoms with Gasteiger partial charge in [0.15, 0.2) is 0 Å².